The van der Waals surface area contributed by atoms with Gasteiger partial charge in [0.05, 0.1) is 11.3 Å². The molecule has 8 heteroatoms. The van der Waals surface area contributed by atoms with Crippen molar-refractivity contribution < 1.29 is 19.5 Å². The maximum atomic E-state index is 12.7. The summed E-state index contributed by atoms with van der Waals surface area (Å²) < 4.78 is 0. The first kappa shape index (κ1) is 20.5. The van der Waals surface area contributed by atoms with Crippen LogP contribution in [0.2, 0.25) is 5.02 Å². The first-order chi connectivity index (χ1) is 13.8. The van der Waals surface area contributed by atoms with Gasteiger partial charge in [0, 0.05) is 30.6 Å². The third-order valence-corrected chi connectivity index (χ3v) is 5.02. The summed E-state index contributed by atoms with van der Waals surface area (Å²) in [6.07, 6.45) is 0.766. The molecular weight excluding hydrogens is 394 g/mol. The monoisotopic (exact) mass is 413 g/mol. The number of carboxylic acid groups (broad SMARTS) is 1. The molecule has 0 aliphatic carbocycles. The molecule has 0 fully saturated rings. The lowest BCUT2D eigenvalue weighted by molar-refractivity contribution is -0.135. The largest absolute Gasteiger partial charge is 0.478 e. The van der Waals surface area contributed by atoms with Crippen molar-refractivity contribution in [2.75, 3.05) is 18.5 Å². The van der Waals surface area contributed by atoms with E-state index in [1.807, 2.05) is 12.1 Å². The second-order valence-electron chi connectivity index (χ2n) is 6.76. The number of anilines is 1. The summed E-state index contributed by atoms with van der Waals surface area (Å²) >= 11 is 5.92. The van der Waals surface area contributed by atoms with Crippen molar-refractivity contribution >= 4 is 40.8 Å². The first-order valence-electron chi connectivity index (χ1n) is 9.00. The molecule has 0 atom stereocenters. The number of carboxylic acids is 1. The zero-order valence-electron chi connectivity index (χ0n) is 16.1. The normalized spacial score (nSPS) is 13.8. The second kappa shape index (κ2) is 8.45. The summed E-state index contributed by atoms with van der Waals surface area (Å²) in [5, 5.41) is 15.3. The molecule has 1 N–H and O–H groups in total. The van der Waals surface area contributed by atoms with Crippen LogP contribution in [0.5, 0.6) is 0 Å². The predicted octanol–water partition coefficient (Wildman–Crippen LogP) is 3.34. The Balaban J connectivity index is 1.76. The molecule has 0 radical (unpaired) electrons. The van der Waals surface area contributed by atoms with Crippen LogP contribution >= 0.6 is 11.6 Å². The van der Waals surface area contributed by atoms with Gasteiger partial charge in [0.1, 0.15) is 6.54 Å². The zero-order chi connectivity index (χ0) is 21.1. The maximum Gasteiger partial charge on any atom is 0.335 e. The number of halogens is 1. The van der Waals surface area contributed by atoms with Crippen molar-refractivity contribution in [2.24, 2.45) is 5.10 Å². The lowest BCUT2D eigenvalue weighted by Gasteiger charge is -2.26. The number of hydrogen-bond donors (Lipinski definition) is 1. The van der Waals surface area contributed by atoms with Crippen LogP contribution in [0.15, 0.2) is 47.6 Å². The van der Waals surface area contributed by atoms with E-state index in [1.165, 1.54) is 16.0 Å². The predicted molar refractivity (Wildman–Crippen MR) is 110 cm³/mol. The zero-order valence-corrected chi connectivity index (χ0v) is 16.8. The molecule has 0 aromatic heterocycles. The number of carbonyl (C=O) groups excluding carboxylic acids is 2. The number of likely N-dealkylation sites (N-methyl/N-ethyl adjacent to an activating group) is 1. The smallest absolute Gasteiger partial charge is 0.335 e. The minimum Gasteiger partial charge on any atom is -0.478 e. The van der Waals surface area contributed by atoms with Gasteiger partial charge in [-0.15, -0.1) is 0 Å². The highest BCUT2D eigenvalue weighted by Gasteiger charge is 2.25. The van der Waals surface area contributed by atoms with E-state index in [2.05, 4.69) is 5.10 Å². The molecule has 7 nitrogen and oxygen atoms in total. The van der Waals surface area contributed by atoms with Crippen LogP contribution in [0.25, 0.3) is 0 Å². The molecule has 1 aliphatic heterocycles. The van der Waals surface area contributed by atoms with E-state index in [0.717, 1.165) is 11.3 Å². The Morgan fingerprint density at radius 2 is 1.86 bits per heavy atom. The average Bonchev–Trinajstić information content (AvgIpc) is 2.69. The highest BCUT2D eigenvalue weighted by atomic mass is 35.5. The molecule has 3 rings (SSSR count). The number of aryl methyl sites for hydroxylation is 1. The first-order valence-corrected chi connectivity index (χ1v) is 9.38. The third kappa shape index (κ3) is 4.63. The molecule has 0 bridgehead atoms. The molecule has 2 aromatic rings. The SMILES string of the molecule is Cc1cc(N(C)C(=O)CN2N=C(c3ccc(Cl)cc3)CCC2=O)ccc1C(=O)O. The van der Waals surface area contributed by atoms with Crippen molar-refractivity contribution in [1.82, 2.24) is 5.01 Å². The summed E-state index contributed by atoms with van der Waals surface area (Å²) in [7, 11) is 1.58. The Morgan fingerprint density at radius 1 is 1.17 bits per heavy atom. The van der Waals surface area contributed by atoms with Crippen LogP contribution in [-0.4, -0.2) is 47.2 Å². The molecular formula is C21H20ClN3O4. The number of amides is 2. The minimum absolute atomic E-state index is 0.179. The van der Waals surface area contributed by atoms with Crippen LogP contribution in [0.1, 0.15) is 34.3 Å². The summed E-state index contributed by atoms with van der Waals surface area (Å²) in [5.41, 5.74) is 2.85. The van der Waals surface area contributed by atoms with Gasteiger partial charge >= 0.3 is 5.97 Å². The number of carbonyl (C=O) groups is 3. The Hall–Kier alpha value is -3.19. The van der Waals surface area contributed by atoms with Gasteiger partial charge in [-0.1, -0.05) is 23.7 Å². The molecule has 2 amide bonds. The van der Waals surface area contributed by atoms with Gasteiger partial charge in [-0.05, 0) is 48.4 Å². The Kier molecular flexibility index (Phi) is 5.98. The van der Waals surface area contributed by atoms with E-state index >= 15 is 0 Å². The molecule has 1 aliphatic rings. The lowest BCUT2D eigenvalue weighted by Crippen LogP contribution is -2.41. The average molecular weight is 414 g/mol. The quantitative estimate of drug-likeness (QED) is 0.813. The maximum absolute atomic E-state index is 12.7. The second-order valence-corrected chi connectivity index (χ2v) is 7.20. The van der Waals surface area contributed by atoms with Crippen molar-refractivity contribution in [3.8, 4) is 0 Å². The number of rotatable bonds is 5. The van der Waals surface area contributed by atoms with Crippen LogP contribution in [0, 0.1) is 6.92 Å². The van der Waals surface area contributed by atoms with Gasteiger partial charge in [-0.2, -0.15) is 5.10 Å². The number of hydrazone groups is 1. The Bertz CT molecular complexity index is 1000. The summed E-state index contributed by atoms with van der Waals surface area (Å²) in [5.74, 6) is -1.57. The highest BCUT2D eigenvalue weighted by Crippen LogP contribution is 2.20. The van der Waals surface area contributed by atoms with Crippen molar-refractivity contribution in [1.29, 1.82) is 0 Å². The Morgan fingerprint density at radius 3 is 2.48 bits per heavy atom. The third-order valence-electron chi connectivity index (χ3n) is 4.77. The number of hydrogen-bond acceptors (Lipinski definition) is 4. The molecule has 150 valence electrons. The van der Waals surface area contributed by atoms with Gasteiger partial charge in [-0.3, -0.25) is 9.59 Å². The molecule has 29 heavy (non-hydrogen) atoms. The molecule has 0 saturated heterocycles. The van der Waals surface area contributed by atoms with Gasteiger partial charge in [-0.25, -0.2) is 9.80 Å². The van der Waals surface area contributed by atoms with Crippen LogP contribution in [-0.2, 0) is 9.59 Å². The van der Waals surface area contributed by atoms with Crippen molar-refractivity contribution in [2.45, 2.75) is 19.8 Å². The van der Waals surface area contributed by atoms with Crippen LogP contribution < -0.4 is 4.90 Å². The van der Waals surface area contributed by atoms with Crippen molar-refractivity contribution in [3.05, 3.63) is 64.2 Å². The molecule has 0 spiro atoms. The van der Waals surface area contributed by atoms with Crippen LogP contribution in [0.3, 0.4) is 0 Å². The standard InChI is InChI=1S/C21H20ClN3O4/c1-13-11-16(7-8-17(13)21(28)29)24(2)20(27)12-25-19(26)10-9-18(23-25)14-3-5-15(22)6-4-14/h3-8,11H,9-10,12H2,1-2H3,(H,28,29). The highest BCUT2D eigenvalue weighted by molar-refractivity contribution is 6.30. The van der Waals surface area contributed by atoms with E-state index in [1.54, 1.807) is 38.2 Å². The molecule has 2 aromatic carbocycles. The van der Waals surface area contributed by atoms with Gasteiger partial charge in [0.15, 0.2) is 0 Å². The van der Waals surface area contributed by atoms with E-state index < -0.39 is 5.97 Å². The molecule has 1 heterocycles. The van der Waals surface area contributed by atoms with Crippen LogP contribution in [0.4, 0.5) is 5.69 Å². The molecule has 0 saturated carbocycles. The molecule has 0 unspecified atom stereocenters. The van der Waals surface area contributed by atoms with E-state index in [-0.39, 0.29) is 30.3 Å². The fraction of sp³-hybridized carbons (Fsp3) is 0.238. The van der Waals surface area contributed by atoms with E-state index in [9.17, 15) is 14.4 Å². The number of aromatic carboxylic acids is 1. The number of nitrogens with zero attached hydrogens (tertiary/aromatic N) is 3. The topological polar surface area (TPSA) is 90.3 Å². The fourth-order valence-corrected chi connectivity index (χ4v) is 3.17. The summed E-state index contributed by atoms with van der Waals surface area (Å²) in [6, 6.07) is 11.8. The van der Waals surface area contributed by atoms with Crippen molar-refractivity contribution in [3.63, 3.8) is 0 Å². The van der Waals surface area contributed by atoms with E-state index in [0.29, 0.717) is 22.7 Å². The van der Waals surface area contributed by atoms with Gasteiger partial charge in [0.25, 0.3) is 0 Å². The fourth-order valence-electron chi connectivity index (χ4n) is 3.05. The summed E-state index contributed by atoms with van der Waals surface area (Å²) in [4.78, 5) is 37.5. The Labute approximate surface area is 173 Å². The van der Waals surface area contributed by atoms with Gasteiger partial charge < -0.3 is 10.0 Å². The number of benzene rings is 2. The van der Waals surface area contributed by atoms with Gasteiger partial charge in [0.2, 0.25) is 11.8 Å². The summed E-state index contributed by atoms with van der Waals surface area (Å²) in [6.45, 7) is 1.47. The minimum atomic E-state index is -1.02. The lowest BCUT2D eigenvalue weighted by atomic mass is 10.0. The van der Waals surface area contributed by atoms with E-state index in [4.69, 9.17) is 16.7 Å².